The number of ether oxygens (including phenoxy) is 4. The van der Waals surface area contributed by atoms with Crippen molar-refractivity contribution in [3.63, 3.8) is 0 Å². The summed E-state index contributed by atoms with van der Waals surface area (Å²) in [7, 11) is 3.20. The van der Waals surface area contributed by atoms with Gasteiger partial charge in [0.25, 0.3) is 0 Å². The van der Waals surface area contributed by atoms with E-state index < -0.39 is 0 Å². The van der Waals surface area contributed by atoms with Gasteiger partial charge < -0.3 is 28.1 Å². The highest BCUT2D eigenvalue weighted by Gasteiger charge is 2.27. The number of hydrogen-bond donors (Lipinski definition) is 0. The molecule has 5 heterocycles. The highest BCUT2D eigenvalue weighted by molar-refractivity contribution is 5.73. The number of hydrogen-bond acceptors (Lipinski definition) is 8. The van der Waals surface area contributed by atoms with Crippen LogP contribution in [0.3, 0.4) is 0 Å². The first-order chi connectivity index (χ1) is 17.2. The molecular weight excluding hydrogens is 448 g/mol. The summed E-state index contributed by atoms with van der Waals surface area (Å²) in [4.78, 5) is 17.5. The highest BCUT2D eigenvalue weighted by Crippen LogP contribution is 2.44. The van der Waals surface area contributed by atoms with Crippen LogP contribution in [0.1, 0.15) is 17.2 Å². The summed E-state index contributed by atoms with van der Waals surface area (Å²) in [6.45, 7) is 0.910. The third-order valence-corrected chi connectivity index (χ3v) is 5.89. The summed E-state index contributed by atoms with van der Waals surface area (Å²) >= 11 is 0. The molecule has 6 rings (SSSR count). The second-order valence-electron chi connectivity index (χ2n) is 8.06. The molecule has 0 saturated heterocycles. The van der Waals surface area contributed by atoms with E-state index in [4.69, 9.17) is 18.9 Å². The number of pyridine rings is 2. The fourth-order valence-electron chi connectivity index (χ4n) is 4.11. The van der Waals surface area contributed by atoms with Crippen molar-refractivity contribution in [3.05, 3.63) is 78.9 Å². The Bertz CT molecular complexity index is 1460. The number of methoxy groups -OCH3 is 2. The summed E-state index contributed by atoms with van der Waals surface area (Å²) < 4.78 is 27.0. The maximum Gasteiger partial charge on any atom is 0.212 e. The summed E-state index contributed by atoms with van der Waals surface area (Å²) in [6, 6.07) is 9.62. The molecule has 1 aromatic carbocycles. The minimum absolute atomic E-state index is 0.299. The van der Waals surface area contributed by atoms with Crippen molar-refractivity contribution >= 4 is 11.2 Å². The van der Waals surface area contributed by atoms with Gasteiger partial charge in [-0.3, -0.25) is 0 Å². The Balaban J connectivity index is 1.26. The minimum Gasteiger partial charge on any atom is -0.493 e. The topological polar surface area (TPSA) is 98.3 Å². The summed E-state index contributed by atoms with van der Waals surface area (Å²) in [5, 5.41) is 0. The zero-order valence-corrected chi connectivity index (χ0v) is 19.2. The molecule has 0 fully saturated rings. The molecular formula is C25H22N6O4. The predicted molar refractivity (Wildman–Crippen MR) is 126 cm³/mol. The molecule has 0 spiro atoms. The van der Waals surface area contributed by atoms with Gasteiger partial charge in [-0.05, 0) is 29.8 Å². The number of nitrogens with zero attached hydrogens (tertiary/aromatic N) is 6. The van der Waals surface area contributed by atoms with E-state index in [9.17, 15) is 0 Å². The summed E-state index contributed by atoms with van der Waals surface area (Å²) in [5.41, 5.74) is 4.37. The lowest BCUT2D eigenvalue weighted by atomic mass is 10.1. The normalized spacial score (nSPS) is 14.7. The van der Waals surface area contributed by atoms with Crippen molar-refractivity contribution in [2.24, 2.45) is 0 Å². The molecule has 1 atom stereocenters. The van der Waals surface area contributed by atoms with Gasteiger partial charge in [-0.15, -0.1) is 0 Å². The van der Waals surface area contributed by atoms with E-state index in [1.54, 1.807) is 51.5 Å². The first-order valence-corrected chi connectivity index (χ1v) is 11.0. The summed E-state index contributed by atoms with van der Waals surface area (Å²) in [5.74, 6) is 2.36. The van der Waals surface area contributed by atoms with Crippen molar-refractivity contribution in [1.82, 2.24) is 29.1 Å². The fraction of sp³-hybridized carbons (Fsp3) is 0.200. The van der Waals surface area contributed by atoms with Crippen LogP contribution in [0.4, 0.5) is 0 Å². The lowest BCUT2D eigenvalue weighted by molar-refractivity contribution is 0.0867. The zero-order valence-electron chi connectivity index (χ0n) is 19.2. The first-order valence-electron chi connectivity index (χ1n) is 11.0. The van der Waals surface area contributed by atoms with E-state index in [2.05, 4.69) is 19.9 Å². The molecule has 1 unspecified atom stereocenters. The van der Waals surface area contributed by atoms with Crippen LogP contribution in [-0.2, 0) is 6.54 Å². The number of aromatic nitrogens is 6. The molecule has 1 aliphatic heterocycles. The molecule has 0 aliphatic carbocycles. The number of benzene rings is 1. The Kier molecular flexibility index (Phi) is 5.17. The Morgan fingerprint density at radius 2 is 1.97 bits per heavy atom. The zero-order chi connectivity index (χ0) is 23.8. The third kappa shape index (κ3) is 3.88. The molecule has 10 nitrogen and oxygen atoms in total. The van der Waals surface area contributed by atoms with Crippen molar-refractivity contribution in [1.29, 1.82) is 0 Å². The van der Waals surface area contributed by atoms with Gasteiger partial charge in [-0.2, -0.15) is 0 Å². The van der Waals surface area contributed by atoms with Gasteiger partial charge >= 0.3 is 0 Å². The molecule has 35 heavy (non-hydrogen) atoms. The largest absolute Gasteiger partial charge is 0.493 e. The lowest BCUT2D eigenvalue weighted by Gasteiger charge is -2.28. The van der Waals surface area contributed by atoms with Crippen molar-refractivity contribution in [2.45, 2.75) is 12.6 Å². The minimum atomic E-state index is -0.299. The SMILES string of the molecule is COc1ccc(C2COc3cc(Cn4cnc5cc(-n6ccnc6)cnc54)cc(OC)c3O2)cn1. The predicted octanol–water partition coefficient (Wildman–Crippen LogP) is 3.59. The quantitative estimate of drug-likeness (QED) is 0.371. The summed E-state index contributed by atoms with van der Waals surface area (Å²) in [6.07, 6.45) is 10.4. The monoisotopic (exact) mass is 470 g/mol. The maximum absolute atomic E-state index is 6.25. The standard InChI is InChI=1S/C25H22N6O4/c1-32-20-7-16(8-21-24(20)35-22(13-34-21)17-3-4-23(33-2)27-10-17)12-31-15-29-19-9-18(11-28-25(19)31)30-6-5-26-14-30/h3-11,14-15,22H,12-13H2,1-2H3. The molecule has 0 saturated carbocycles. The third-order valence-electron chi connectivity index (χ3n) is 5.89. The van der Waals surface area contributed by atoms with Crippen LogP contribution in [0.5, 0.6) is 23.1 Å². The van der Waals surface area contributed by atoms with Crippen molar-refractivity contribution < 1.29 is 18.9 Å². The Hall–Kier alpha value is -4.60. The van der Waals surface area contributed by atoms with Crippen LogP contribution in [0, 0.1) is 0 Å². The van der Waals surface area contributed by atoms with Crippen LogP contribution < -0.4 is 18.9 Å². The average molecular weight is 470 g/mol. The van der Waals surface area contributed by atoms with Gasteiger partial charge in [0.2, 0.25) is 11.6 Å². The Morgan fingerprint density at radius 3 is 2.74 bits per heavy atom. The van der Waals surface area contributed by atoms with Gasteiger partial charge in [0.15, 0.2) is 23.3 Å². The second-order valence-corrected chi connectivity index (χ2v) is 8.06. The lowest BCUT2D eigenvalue weighted by Crippen LogP contribution is -2.22. The van der Waals surface area contributed by atoms with E-state index in [-0.39, 0.29) is 6.10 Å². The number of imidazole rings is 2. The molecule has 0 bridgehead atoms. The van der Waals surface area contributed by atoms with Crippen LogP contribution >= 0.6 is 0 Å². The van der Waals surface area contributed by atoms with Gasteiger partial charge in [0, 0.05) is 30.2 Å². The second kappa shape index (κ2) is 8.64. The van der Waals surface area contributed by atoms with E-state index in [0.717, 1.165) is 28.0 Å². The molecule has 10 heteroatoms. The van der Waals surface area contributed by atoms with Crippen molar-refractivity contribution in [2.75, 3.05) is 20.8 Å². The van der Waals surface area contributed by atoms with Crippen LogP contribution in [-0.4, -0.2) is 49.9 Å². The van der Waals surface area contributed by atoms with Crippen LogP contribution in [0.2, 0.25) is 0 Å². The van der Waals surface area contributed by atoms with Crippen LogP contribution in [0.15, 0.2) is 67.8 Å². The fourth-order valence-corrected chi connectivity index (χ4v) is 4.11. The number of fused-ring (bicyclic) bond motifs is 2. The molecule has 176 valence electrons. The number of rotatable bonds is 6. The van der Waals surface area contributed by atoms with Crippen molar-refractivity contribution in [3.8, 4) is 28.8 Å². The smallest absolute Gasteiger partial charge is 0.212 e. The Morgan fingerprint density at radius 1 is 1.03 bits per heavy atom. The first kappa shape index (κ1) is 21.0. The molecule has 1 aliphatic rings. The van der Waals surface area contributed by atoms with E-state index in [0.29, 0.717) is 36.3 Å². The molecule has 0 amide bonds. The van der Waals surface area contributed by atoms with E-state index in [1.165, 1.54) is 0 Å². The van der Waals surface area contributed by atoms with Gasteiger partial charge in [-0.25, -0.2) is 19.9 Å². The highest BCUT2D eigenvalue weighted by atomic mass is 16.6. The van der Waals surface area contributed by atoms with Crippen LogP contribution in [0.25, 0.3) is 16.9 Å². The average Bonchev–Trinajstić information content (AvgIpc) is 3.58. The Labute approximate surface area is 200 Å². The van der Waals surface area contributed by atoms with Gasteiger partial charge in [0.05, 0.1) is 45.3 Å². The van der Waals surface area contributed by atoms with Gasteiger partial charge in [0.1, 0.15) is 12.1 Å². The maximum atomic E-state index is 6.25. The molecule has 5 aromatic rings. The van der Waals surface area contributed by atoms with E-state index in [1.807, 2.05) is 39.6 Å². The van der Waals surface area contributed by atoms with Gasteiger partial charge in [-0.1, -0.05) is 0 Å². The molecule has 0 radical (unpaired) electrons. The van der Waals surface area contributed by atoms with E-state index >= 15 is 0 Å². The molecule has 0 N–H and O–H groups in total. The molecule has 4 aromatic heterocycles.